The molecule has 1 aromatic carbocycles. The third-order valence-electron chi connectivity index (χ3n) is 5.88. The van der Waals surface area contributed by atoms with Gasteiger partial charge in [-0.1, -0.05) is 17.7 Å². The molecule has 0 aliphatic carbocycles. The van der Waals surface area contributed by atoms with E-state index in [-0.39, 0.29) is 5.82 Å². The van der Waals surface area contributed by atoms with Gasteiger partial charge in [0.2, 0.25) is 0 Å². The topological polar surface area (TPSA) is 46.3 Å². The van der Waals surface area contributed by atoms with Crippen LogP contribution in [0.3, 0.4) is 0 Å². The number of aryl methyl sites for hydroxylation is 2. The highest BCUT2D eigenvalue weighted by Gasteiger charge is 2.25. The summed E-state index contributed by atoms with van der Waals surface area (Å²) < 4.78 is 15.1. The Hall–Kier alpha value is -2.09. The highest BCUT2D eigenvalue weighted by atomic mass is 35.5. The molecule has 0 bridgehead atoms. The van der Waals surface area contributed by atoms with Crippen molar-refractivity contribution >= 4 is 38.8 Å². The van der Waals surface area contributed by atoms with Crippen molar-refractivity contribution in [2.24, 2.45) is 0 Å². The molecule has 150 valence electrons. The van der Waals surface area contributed by atoms with Crippen LogP contribution in [0.4, 0.5) is 4.39 Å². The number of aromatic nitrogens is 4. The molecule has 0 radical (unpaired) electrons. The standard InChI is InChI=1S/C21H21ClFN5S/c1-12-13(2)29-21-18(12)20-25-19(26-28(20)11-24-21)14-5-7-27(8-6-14)10-15-3-4-16(23)9-17(15)22/h3-4,9,11,14H,5-8,10H2,1-2H3. The minimum Gasteiger partial charge on any atom is -0.299 e. The molecule has 1 saturated heterocycles. The SMILES string of the molecule is Cc1sc2ncn3nc(C4CCN(Cc5ccc(F)cc5Cl)CC4)nc3c2c1C. The van der Waals surface area contributed by atoms with Crippen LogP contribution in [0.15, 0.2) is 24.5 Å². The molecule has 5 rings (SSSR count). The van der Waals surface area contributed by atoms with Gasteiger partial charge in [-0.25, -0.2) is 18.9 Å². The van der Waals surface area contributed by atoms with Crippen molar-refractivity contribution in [2.75, 3.05) is 13.1 Å². The average Bonchev–Trinajstić information content (AvgIpc) is 3.26. The van der Waals surface area contributed by atoms with Crippen LogP contribution >= 0.6 is 22.9 Å². The highest BCUT2D eigenvalue weighted by Crippen LogP contribution is 2.33. The van der Waals surface area contributed by atoms with E-state index in [2.05, 4.69) is 23.7 Å². The number of benzene rings is 1. The van der Waals surface area contributed by atoms with Crippen LogP contribution in [0.25, 0.3) is 15.9 Å². The van der Waals surface area contributed by atoms with E-state index in [1.807, 2.05) is 4.52 Å². The van der Waals surface area contributed by atoms with Gasteiger partial charge in [-0.3, -0.25) is 4.90 Å². The Balaban J connectivity index is 1.34. The summed E-state index contributed by atoms with van der Waals surface area (Å²) in [4.78, 5) is 14.1. The lowest BCUT2D eigenvalue weighted by atomic mass is 9.96. The first kappa shape index (κ1) is 18.9. The summed E-state index contributed by atoms with van der Waals surface area (Å²) in [6.07, 6.45) is 3.76. The summed E-state index contributed by atoms with van der Waals surface area (Å²) in [5.74, 6) is 0.946. The van der Waals surface area contributed by atoms with E-state index < -0.39 is 0 Å². The number of thiophene rings is 1. The van der Waals surface area contributed by atoms with Crippen molar-refractivity contribution in [1.82, 2.24) is 24.5 Å². The third kappa shape index (κ3) is 3.41. The summed E-state index contributed by atoms with van der Waals surface area (Å²) in [7, 11) is 0. The predicted molar refractivity (Wildman–Crippen MR) is 114 cm³/mol. The first-order valence-corrected chi connectivity index (χ1v) is 11.0. The van der Waals surface area contributed by atoms with E-state index in [1.54, 1.807) is 23.7 Å². The number of hydrogen-bond acceptors (Lipinski definition) is 5. The molecule has 4 heterocycles. The lowest BCUT2D eigenvalue weighted by molar-refractivity contribution is 0.202. The van der Waals surface area contributed by atoms with Crippen LogP contribution in [0, 0.1) is 19.7 Å². The number of halogens is 2. The summed E-state index contributed by atoms with van der Waals surface area (Å²) in [5.41, 5.74) is 3.12. The maximum atomic E-state index is 13.3. The molecule has 1 aliphatic rings. The molecule has 5 nitrogen and oxygen atoms in total. The first-order chi connectivity index (χ1) is 14.0. The molecular formula is C21H21ClFN5S. The monoisotopic (exact) mass is 429 g/mol. The number of rotatable bonds is 3. The fourth-order valence-electron chi connectivity index (χ4n) is 4.07. The lowest BCUT2D eigenvalue weighted by Gasteiger charge is -2.30. The minimum atomic E-state index is -0.296. The summed E-state index contributed by atoms with van der Waals surface area (Å²) >= 11 is 7.89. The Morgan fingerprint density at radius 3 is 2.79 bits per heavy atom. The maximum Gasteiger partial charge on any atom is 0.167 e. The average molecular weight is 430 g/mol. The molecule has 1 aliphatic heterocycles. The molecule has 0 amide bonds. The van der Waals surface area contributed by atoms with Crippen LogP contribution in [0.5, 0.6) is 0 Å². The zero-order valence-corrected chi connectivity index (χ0v) is 17.9. The maximum absolute atomic E-state index is 13.3. The number of hydrogen-bond donors (Lipinski definition) is 0. The van der Waals surface area contributed by atoms with Gasteiger partial charge >= 0.3 is 0 Å². The second-order valence-electron chi connectivity index (χ2n) is 7.73. The van der Waals surface area contributed by atoms with Gasteiger partial charge in [-0.2, -0.15) is 0 Å². The number of fused-ring (bicyclic) bond motifs is 3. The van der Waals surface area contributed by atoms with Gasteiger partial charge in [0.25, 0.3) is 0 Å². The fourth-order valence-corrected chi connectivity index (χ4v) is 5.29. The van der Waals surface area contributed by atoms with Gasteiger partial charge in [0.05, 0.1) is 5.39 Å². The second kappa shape index (κ2) is 7.31. The highest BCUT2D eigenvalue weighted by molar-refractivity contribution is 7.18. The molecule has 0 N–H and O–H groups in total. The molecular weight excluding hydrogens is 409 g/mol. The molecule has 4 aromatic rings. The van der Waals surface area contributed by atoms with Crippen molar-refractivity contribution in [2.45, 2.75) is 39.2 Å². The Kier molecular flexibility index (Phi) is 4.76. The molecule has 3 aromatic heterocycles. The Morgan fingerprint density at radius 2 is 2.03 bits per heavy atom. The van der Waals surface area contributed by atoms with Gasteiger partial charge in [0.15, 0.2) is 11.5 Å². The van der Waals surface area contributed by atoms with Crippen molar-refractivity contribution in [3.8, 4) is 0 Å². The van der Waals surface area contributed by atoms with Gasteiger partial charge < -0.3 is 0 Å². The van der Waals surface area contributed by atoms with Crippen LogP contribution in [0.2, 0.25) is 5.02 Å². The quantitative estimate of drug-likeness (QED) is 0.453. The largest absolute Gasteiger partial charge is 0.299 e. The Labute approximate surface area is 177 Å². The molecule has 0 unspecified atom stereocenters. The van der Waals surface area contributed by atoms with E-state index >= 15 is 0 Å². The zero-order chi connectivity index (χ0) is 20.1. The Morgan fingerprint density at radius 1 is 1.24 bits per heavy atom. The summed E-state index contributed by atoms with van der Waals surface area (Å²) in [5, 5.41) is 6.35. The number of piperidine rings is 1. The third-order valence-corrected chi connectivity index (χ3v) is 7.35. The van der Waals surface area contributed by atoms with Crippen LogP contribution in [-0.4, -0.2) is 37.6 Å². The van der Waals surface area contributed by atoms with Crippen LogP contribution in [0.1, 0.15) is 40.6 Å². The van der Waals surface area contributed by atoms with E-state index in [4.69, 9.17) is 21.7 Å². The first-order valence-electron chi connectivity index (χ1n) is 9.77. The summed E-state index contributed by atoms with van der Waals surface area (Å²) in [6.45, 7) is 6.88. The van der Waals surface area contributed by atoms with Crippen LogP contribution < -0.4 is 0 Å². The van der Waals surface area contributed by atoms with E-state index in [0.717, 1.165) is 59.7 Å². The van der Waals surface area contributed by atoms with Gasteiger partial charge in [-0.15, -0.1) is 16.4 Å². The van der Waals surface area contributed by atoms with Crippen molar-refractivity contribution in [1.29, 1.82) is 0 Å². The summed E-state index contributed by atoms with van der Waals surface area (Å²) in [6, 6.07) is 4.63. The molecule has 1 fully saturated rings. The molecule has 29 heavy (non-hydrogen) atoms. The van der Waals surface area contributed by atoms with E-state index in [9.17, 15) is 4.39 Å². The molecule has 0 saturated carbocycles. The minimum absolute atomic E-state index is 0.296. The zero-order valence-electron chi connectivity index (χ0n) is 16.3. The lowest BCUT2D eigenvalue weighted by Crippen LogP contribution is -2.32. The van der Waals surface area contributed by atoms with Gasteiger partial charge in [0.1, 0.15) is 17.0 Å². The second-order valence-corrected chi connectivity index (χ2v) is 9.34. The predicted octanol–water partition coefficient (Wildman–Crippen LogP) is 5.13. The van der Waals surface area contributed by atoms with Gasteiger partial charge in [0, 0.05) is 22.4 Å². The normalized spacial score (nSPS) is 16.3. The smallest absolute Gasteiger partial charge is 0.167 e. The molecule has 0 spiro atoms. The van der Waals surface area contributed by atoms with Crippen LogP contribution in [-0.2, 0) is 6.54 Å². The number of nitrogens with zero attached hydrogens (tertiary/aromatic N) is 5. The van der Waals surface area contributed by atoms with Crippen molar-refractivity contribution in [3.05, 3.63) is 57.2 Å². The fraction of sp³-hybridized carbons (Fsp3) is 0.381. The van der Waals surface area contributed by atoms with E-state index in [0.29, 0.717) is 10.9 Å². The van der Waals surface area contributed by atoms with E-state index in [1.165, 1.54) is 22.6 Å². The molecule has 8 heteroatoms. The van der Waals surface area contributed by atoms with Crippen molar-refractivity contribution in [3.63, 3.8) is 0 Å². The van der Waals surface area contributed by atoms with Gasteiger partial charge in [-0.05, 0) is 63.0 Å². The molecule has 0 atom stereocenters. The van der Waals surface area contributed by atoms with Crippen molar-refractivity contribution < 1.29 is 4.39 Å². The Bertz CT molecular complexity index is 1210. The number of likely N-dealkylation sites (tertiary alicyclic amines) is 1.